The molecule has 0 spiro atoms. The normalized spacial score (nSPS) is 9.75. The van der Waals surface area contributed by atoms with Crippen LogP contribution in [0.2, 0.25) is 0 Å². The van der Waals surface area contributed by atoms with E-state index in [1.165, 1.54) is 11.3 Å². The molecule has 0 saturated carbocycles. The summed E-state index contributed by atoms with van der Waals surface area (Å²) in [4.78, 5) is 12.0. The molecular weight excluding hydrogens is 174 g/mol. The van der Waals surface area contributed by atoms with Gasteiger partial charge in [0, 0.05) is 13.7 Å². The van der Waals surface area contributed by atoms with E-state index < -0.39 is 0 Å². The monoisotopic (exact) mass is 185 g/mol. The Labute approximate surface area is 75.4 Å². The summed E-state index contributed by atoms with van der Waals surface area (Å²) < 4.78 is 4.80. The molecular formula is C8H11NO2S. The highest BCUT2D eigenvalue weighted by Crippen LogP contribution is 2.07. The van der Waals surface area contributed by atoms with Crippen LogP contribution in [-0.4, -0.2) is 26.2 Å². The predicted octanol–water partition coefficient (Wildman–Crippen LogP) is 1.12. The van der Waals surface area contributed by atoms with Crippen molar-refractivity contribution in [1.29, 1.82) is 0 Å². The molecule has 3 nitrogen and oxygen atoms in total. The first-order chi connectivity index (χ1) is 5.84. The average Bonchev–Trinajstić information content (AvgIpc) is 2.56. The van der Waals surface area contributed by atoms with Crippen LogP contribution in [0.1, 0.15) is 9.67 Å². The number of thiophene rings is 1. The molecule has 1 heterocycles. The second-order valence-corrected chi connectivity index (χ2v) is 3.17. The van der Waals surface area contributed by atoms with Crippen molar-refractivity contribution in [2.24, 2.45) is 0 Å². The first-order valence-corrected chi connectivity index (χ1v) is 4.53. The second-order valence-electron chi connectivity index (χ2n) is 2.23. The van der Waals surface area contributed by atoms with E-state index in [1.807, 2.05) is 11.4 Å². The molecule has 0 aliphatic carbocycles. The molecule has 0 radical (unpaired) electrons. The van der Waals surface area contributed by atoms with Crippen LogP contribution in [0.15, 0.2) is 17.5 Å². The fourth-order valence-electron chi connectivity index (χ4n) is 0.761. The maximum absolute atomic E-state index is 11.2. The standard InChI is InChI=1S/C8H11NO2S/c1-11-5-4-9-8(10)7-3-2-6-12-7/h2-3,6H,4-5H2,1H3,(H,9,10). The Morgan fingerprint density at radius 1 is 1.75 bits per heavy atom. The van der Waals surface area contributed by atoms with E-state index in [0.29, 0.717) is 13.2 Å². The van der Waals surface area contributed by atoms with E-state index in [1.54, 1.807) is 13.2 Å². The lowest BCUT2D eigenvalue weighted by molar-refractivity contribution is 0.0941. The number of methoxy groups -OCH3 is 1. The fourth-order valence-corrected chi connectivity index (χ4v) is 1.40. The molecule has 66 valence electrons. The lowest BCUT2D eigenvalue weighted by Gasteiger charge is -2.00. The summed E-state index contributed by atoms with van der Waals surface area (Å²) >= 11 is 1.44. The smallest absolute Gasteiger partial charge is 0.261 e. The van der Waals surface area contributed by atoms with E-state index >= 15 is 0 Å². The average molecular weight is 185 g/mol. The van der Waals surface area contributed by atoms with Crippen LogP contribution in [0.5, 0.6) is 0 Å². The van der Waals surface area contributed by atoms with Crippen LogP contribution in [-0.2, 0) is 4.74 Å². The minimum absolute atomic E-state index is 0.0259. The van der Waals surface area contributed by atoms with Crippen molar-refractivity contribution in [3.63, 3.8) is 0 Å². The third kappa shape index (κ3) is 2.64. The third-order valence-electron chi connectivity index (χ3n) is 1.34. The summed E-state index contributed by atoms with van der Waals surface area (Å²) in [7, 11) is 1.61. The number of amides is 1. The van der Waals surface area contributed by atoms with Gasteiger partial charge in [-0.3, -0.25) is 4.79 Å². The van der Waals surface area contributed by atoms with Crippen LogP contribution in [0.3, 0.4) is 0 Å². The molecule has 1 N–H and O–H groups in total. The van der Waals surface area contributed by atoms with Gasteiger partial charge in [0.25, 0.3) is 5.91 Å². The van der Waals surface area contributed by atoms with Crippen molar-refractivity contribution in [3.8, 4) is 0 Å². The van der Waals surface area contributed by atoms with E-state index in [4.69, 9.17) is 4.74 Å². The van der Waals surface area contributed by atoms with E-state index in [-0.39, 0.29) is 5.91 Å². The van der Waals surface area contributed by atoms with E-state index in [0.717, 1.165) is 4.88 Å². The lowest BCUT2D eigenvalue weighted by Crippen LogP contribution is -2.26. The van der Waals surface area contributed by atoms with Gasteiger partial charge in [-0.15, -0.1) is 11.3 Å². The highest BCUT2D eigenvalue weighted by atomic mass is 32.1. The summed E-state index contributed by atoms with van der Waals surface area (Å²) in [5.41, 5.74) is 0. The van der Waals surface area contributed by atoms with Crippen LogP contribution in [0, 0.1) is 0 Å². The van der Waals surface area contributed by atoms with Gasteiger partial charge in [0.2, 0.25) is 0 Å². The summed E-state index contributed by atoms with van der Waals surface area (Å²) in [5.74, 6) is -0.0259. The Kier molecular flexibility index (Phi) is 3.76. The molecule has 0 aromatic carbocycles. The Morgan fingerprint density at radius 2 is 2.58 bits per heavy atom. The molecule has 0 aliphatic heterocycles. The molecule has 1 aromatic rings. The highest BCUT2D eigenvalue weighted by molar-refractivity contribution is 7.12. The zero-order valence-electron chi connectivity index (χ0n) is 6.87. The largest absolute Gasteiger partial charge is 0.383 e. The van der Waals surface area contributed by atoms with Gasteiger partial charge in [0.1, 0.15) is 0 Å². The van der Waals surface area contributed by atoms with Crippen molar-refractivity contribution in [2.75, 3.05) is 20.3 Å². The SMILES string of the molecule is COCCNC(=O)c1cccs1. The molecule has 12 heavy (non-hydrogen) atoms. The molecule has 0 aliphatic rings. The summed E-state index contributed by atoms with van der Waals surface area (Å²) in [6, 6.07) is 3.66. The predicted molar refractivity (Wildman–Crippen MR) is 48.5 cm³/mol. The van der Waals surface area contributed by atoms with Gasteiger partial charge in [-0.05, 0) is 11.4 Å². The molecule has 1 rings (SSSR count). The minimum Gasteiger partial charge on any atom is -0.383 e. The zero-order chi connectivity index (χ0) is 8.81. The lowest BCUT2D eigenvalue weighted by atomic mass is 10.4. The summed E-state index contributed by atoms with van der Waals surface area (Å²) in [6.07, 6.45) is 0. The van der Waals surface area contributed by atoms with Crippen molar-refractivity contribution in [1.82, 2.24) is 5.32 Å². The van der Waals surface area contributed by atoms with Gasteiger partial charge in [0.15, 0.2) is 0 Å². The van der Waals surface area contributed by atoms with Gasteiger partial charge in [0.05, 0.1) is 11.5 Å². The van der Waals surface area contributed by atoms with Crippen LogP contribution < -0.4 is 5.32 Å². The maximum atomic E-state index is 11.2. The molecule has 0 atom stereocenters. The van der Waals surface area contributed by atoms with Crippen molar-refractivity contribution in [2.45, 2.75) is 0 Å². The first-order valence-electron chi connectivity index (χ1n) is 3.65. The summed E-state index contributed by atoms with van der Waals surface area (Å²) in [5, 5.41) is 4.61. The molecule has 0 unspecified atom stereocenters. The van der Waals surface area contributed by atoms with Crippen LogP contribution in [0.4, 0.5) is 0 Å². The molecule has 0 saturated heterocycles. The summed E-state index contributed by atoms with van der Waals surface area (Å²) in [6.45, 7) is 1.12. The number of carbonyl (C=O) groups is 1. The Bertz CT molecular complexity index is 233. The van der Waals surface area contributed by atoms with Gasteiger partial charge in [-0.25, -0.2) is 0 Å². The topological polar surface area (TPSA) is 38.3 Å². The van der Waals surface area contributed by atoms with E-state index in [9.17, 15) is 4.79 Å². The first kappa shape index (κ1) is 9.22. The van der Waals surface area contributed by atoms with Gasteiger partial charge < -0.3 is 10.1 Å². The third-order valence-corrected chi connectivity index (χ3v) is 2.21. The van der Waals surface area contributed by atoms with Crippen molar-refractivity contribution < 1.29 is 9.53 Å². The van der Waals surface area contributed by atoms with Crippen molar-refractivity contribution >= 4 is 17.2 Å². The highest BCUT2D eigenvalue weighted by Gasteiger charge is 2.03. The number of nitrogens with one attached hydrogen (secondary N) is 1. The Morgan fingerprint density at radius 3 is 3.17 bits per heavy atom. The van der Waals surface area contributed by atoms with E-state index in [2.05, 4.69) is 5.32 Å². The minimum atomic E-state index is -0.0259. The second kappa shape index (κ2) is 4.90. The fraction of sp³-hybridized carbons (Fsp3) is 0.375. The Balaban J connectivity index is 2.30. The van der Waals surface area contributed by atoms with Crippen molar-refractivity contribution in [3.05, 3.63) is 22.4 Å². The molecule has 1 amide bonds. The molecule has 4 heteroatoms. The quantitative estimate of drug-likeness (QED) is 0.714. The van der Waals surface area contributed by atoms with Gasteiger partial charge in [-0.1, -0.05) is 6.07 Å². The van der Waals surface area contributed by atoms with Gasteiger partial charge in [-0.2, -0.15) is 0 Å². The van der Waals surface area contributed by atoms with Crippen LogP contribution >= 0.6 is 11.3 Å². The van der Waals surface area contributed by atoms with Crippen LogP contribution in [0.25, 0.3) is 0 Å². The number of hydrogen-bond donors (Lipinski definition) is 1. The number of carbonyl (C=O) groups excluding carboxylic acids is 1. The Hall–Kier alpha value is -0.870. The molecule has 0 fully saturated rings. The molecule has 0 bridgehead atoms. The molecule has 1 aromatic heterocycles. The number of hydrogen-bond acceptors (Lipinski definition) is 3. The zero-order valence-corrected chi connectivity index (χ0v) is 7.69. The number of ether oxygens (including phenoxy) is 1. The van der Waals surface area contributed by atoms with Gasteiger partial charge >= 0.3 is 0 Å². The number of rotatable bonds is 4. The maximum Gasteiger partial charge on any atom is 0.261 e.